The minimum atomic E-state index is 0.796. The number of rotatable bonds is 5. The molecule has 0 aliphatic carbocycles. The summed E-state index contributed by atoms with van der Waals surface area (Å²) in [5.74, 6) is 0.926. The van der Waals surface area contributed by atoms with Crippen molar-refractivity contribution in [2.75, 3.05) is 5.75 Å². The van der Waals surface area contributed by atoms with Crippen LogP contribution in [0.25, 0.3) is 5.69 Å². The Morgan fingerprint density at radius 3 is 2.60 bits per heavy atom. The Kier molecular flexibility index (Phi) is 4.08. The van der Waals surface area contributed by atoms with Gasteiger partial charge in [0.05, 0.1) is 5.69 Å². The molecule has 0 bridgehead atoms. The molecule has 0 radical (unpaired) electrons. The summed E-state index contributed by atoms with van der Waals surface area (Å²) in [5, 5.41) is 5.26. The number of aryl methyl sites for hydroxylation is 1. The van der Waals surface area contributed by atoms with E-state index in [1.165, 1.54) is 0 Å². The van der Waals surface area contributed by atoms with Crippen molar-refractivity contribution >= 4 is 11.8 Å². The maximum Gasteiger partial charge on any atom is 0.208 e. The van der Waals surface area contributed by atoms with Gasteiger partial charge in [-0.05, 0) is 30.7 Å². The number of para-hydroxylation sites is 1. The van der Waals surface area contributed by atoms with Gasteiger partial charge in [-0.15, -0.1) is 5.10 Å². The quantitative estimate of drug-likeness (QED) is 0.675. The first kappa shape index (κ1) is 12.9. The first-order valence-corrected chi connectivity index (χ1v) is 7.40. The fraction of sp³-hybridized carbons (Fsp3) is 0.133. The summed E-state index contributed by atoms with van der Waals surface area (Å²) in [7, 11) is 0. The fourth-order valence-electron chi connectivity index (χ4n) is 1.81. The fourth-order valence-corrected chi connectivity index (χ4v) is 2.57. The van der Waals surface area contributed by atoms with Gasteiger partial charge in [-0.1, -0.05) is 36.0 Å². The monoisotopic (exact) mass is 282 g/mol. The number of aromatic nitrogens is 4. The lowest BCUT2D eigenvalue weighted by Crippen LogP contribution is -1.95. The Hall–Kier alpha value is -2.14. The van der Waals surface area contributed by atoms with Crippen LogP contribution in [0.15, 0.2) is 66.2 Å². The molecule has 4 nitrogen and oxygen atoms in total. The first-order chi connectivity index (χ1) is 9.92. The van der Waals surface area contributed by atoms with Gasteiger partial charge in [-0.3, -0.25) is 4.98 Å². The molecule has 20 heavy (non-hydrogen) atoms. The normalized spacial score (nSPS) is 10.6. The summed E-state index contributed by atoms with van der Waals surface area (Å²) in [6.07, 6.45) is 4.49. The largest absolute Gasteiger partial charge is 0.261 e. The Morgan fingerprint density at radius 2 is 1.80 bits per heavy atom. The predicted octanol–water partition coefficient (Wildman–Crippen LogP) is 3.00. The van der Waals surface area contributed by atoms with Gasteiger partial charge < -0.3 is 0 Å². The third-order valence-corrected chi connectivity index (χ3v) is 3.66. The third-order valence-electron chi connectivity index (χ3n) is 2.81. The van der Waals surface area contributed by atoms with Gasteiger partial charge in [0.2, 0.25) is 5.16 Å². The molecule has 3 rings (SSSR count). The Labute approximate surface area is 121 Å². The molecule has 0 N–H and O–H groups in total. The SMILES string of the molecule is c1ccc(-n2cnc(SCCc3ccccn3)n2)cc1. The van der Waals surface area contributed by atoms with E-state index in [-0.39, 0.29) is 0 Å². The van der Waals surface area contributed by atoms with Gasteiger partial charge in [0, 0.05) is 17.6 Å². The van der Waals surface area contributed by atoms with Gasteiger partial charge in [-0.25, -0.2) is 9.67 Å². The average Bonchev–Trinajstić information content (AvgIpc) is 2.98. The van der Waals surface area contributed by atoms with Crippen molar-refractivity contribution < 1.29 is 0 Å². The summed E-state index contributed by atoms with van der Waals surface area (Å²) >= 11 is 1.65. The van der Waals surface area contributed by atoms with E-state index >= 15 is 0 Å². The molecule has 0 unspecified atom stereocenters. The molecule has 0 saturated carbocycles. The molecule has 100 valence electrons. The van der Waals surface area contributed by atoms with Crippen LogP contribution in [-0.4, -0.2) is 25.5 Å². The van der Waals surface area contributed by atoms with Crippen LogP contribution < -0.4 is 0 Å². The second-order valence-electron chi connectivity index (χ2n) is 4.23. The molecule has 2 aromatic heterocycles. The zero-order valence-electron chi connectivity index (χ0n) is 10.9. The zero-order valence-corrected chi connectivity index (χ0v) is 11.7. The van der Waals surface area contributed by atoms with Gasteiger partial charge in [0.15, 0.2) is 0 Å². The highest BCUT2D eigenvalue weighted by molar-refractivity contribution is 7.99. The number of hydrogen-bond acceptors (Lipinski definition) is 4. The Morgan fingerprint density at radius 1 is 0.950 bits per heavy atom. The van der Waals surface area contributed by atoms with E-state index in [1.54, 1.807) is 22.8 Å². The maximum atomic E-state index is 4.46. The van der Waals surface area contributed by atoms with Crippen molar-refractivity contribution in [1.82, 2.24) is 19.7 Å². The standard InChI is InChI=1S/C15H14N4S/c1-2-7-14(8-3-1)19-12-17-15(18-19)20-11-9-13-6-4-5-10-16-13/h1-8,10,12H,9,11H2. The van der Waals surface area contributed by atoms with Crippen molar-refractivity contribution in [3.8, 4) is 5.69 Å². The highest BCUT2D eigenvalue weighted by Crippen LogP contribution is 2.15. The van der Waals surface area contributed by atoms with Gasteiger partial charge in [0.1, 0.15) is 6.33 Å². The minimum absolute atomic E-state index is 0.796. The van der Waals surface area contributed by atoms with Crippen LogP contribution in [0.4, 0.5) is 0 Å². The van der Waals surface area contributed by atoms with Gasteiger partial charge >= 0.3 is 0 Å². The van der Waals surface area contributed by atoms with E-state index in [2.05, 4.69) is 15.1 Å². The van der Waals surface area contributed by atoms with Crippen molar-refractivity contribution in [3.05, 3.63) is 66.7 Å². The third kappa shape index (κ3) is 3.24. The van der Waals surface area contributed by atoms with Gasteiger partial charge in [0.25, 0.3) is 0 Å². The predicted molar refractivity (Wildman–Crippen MR) is 80.0 cm³/mol. The summed E-state index contributed by atoms with van der Waals surface area (Å²) < 4.78 is 1.79. The molecule has 0 aliphatic heterocycles. The van der Waals surface area contributed by atoms with E-state index in [0.29, 0.717) is 0 Å². The molecular weight excluding hydrogens is 268 g/mol. The summed E-state index contributed by atoms with van der Waals surface area (Å²) in [6.45, 7) is 0. The molecule has 2 heterocycles. The number of thioether (sulfide) groups is 1. The first-order valence-electron chi connectivity index (χ1n) is 6.41. The number of pyridine rings is 1. The average molecular weight is 282 g/mol. The van der Waals surface area contributed by atoms with Crippen molar-refractivity contribution in [2.45, 2.75) is 11.6 Å². The van der Waals surface area contributed by atoms with Crippen molar-refractivity contribution in [3.63, 3.8) is 0 Å². The minimum Gasteiger partial charge on any atom is -0.261 e. The lowest BCUT2D eigenvalue weighted by atomic mass is 10.3. The van der Waals surface area contributed by atoms with Gasteiger partial charge in [-0.2, -0.15) is 0 Å². The van der Waals surface area contributed by atoms with E-state index in [9.17, 15) is 0 Å². The smallest absolute Gasteiger partial charge is 0.208 e. The molecule has 1 aromatic carbocycles. The summed E-state index contributed by atoms with van der Waals surface area (Å²) in [6, 6.07) is 16.0. The number of hydrogen-bond donors (Lipinski definition) is 0. The van der Waals surface area contributed by atoms with E-state index < -0.39 is 0 Å². The van der Waals surface area contributed by atoms with E-state index in [0.717, 1.165) is 28.7 Å². The highest BCUT2D eigenvalue weighted by atomic mass is 32.2. The van der Waals surface area contributed by atoms with Crippen LogP contribution in [-0.2, 0) is 6.42 Å². The molecule has 0 atom stereocenters. The molecule has 3 aromatic rings. The van der Waals surface area contributed by atoms with Crippen LogP contribution in [0, 0.1) is 0 Å². The second kappa shape index (κ2) is 6.34. The number of nitrogens with zero attached hydrogens (tertiary/aromatic N) is 4. The Bertz CT molecular complexity index is 652. The molecule has 0 spiro atoms. The van der Waals surface area contributed by atoms with E-state index in [1.807, 2.05) is 54.7 Å². The molecule has 0 saturated heterocycles. The molecule has 5 heteroatoms. The van der Waals surface area contributed by atoms with Crippen LogP contribution >= 0.6 is 11.8 Å². The molecular formula is C15H14N4S. The van der Waals surface area contributed by atoms with Crippen LogP contribution in [0.1, 0.15) is 5.69 Å². The lowest BCUT2D eigenvalue weighted by molar-refractivity contribution is 0.834. The zero-order chi connectivity index (χ0) is 13.6. The summed E-state index contributed by atoms with van der Waals surface area (Å²) in [4.78, 5) is 8.62. The maximum absolute atomic E-state index is 4.46. The topological polar surface area (TPSA) is 43.6 Å². The number of benzene rings is 1. The Balaban J connectivity index is 1.58. The lowest BCUT2D eigenvalue weighted by Gasteiger charge is -1.99. The molecule has 0 amide bonds. The summed E-state index contributed by atoms with van der Waals surface area (Å²) in [5.41, 5.74) is 2.12. The van der Waals surface area contributed by atoms with Crippen LogP contribution in [0.5, 0.6) is 0 Å². The van der Waals surface area contributed by atoms with Crippen molar-refractivity contribution in [1.29, 1.82) is 0 Å². The van der Waals surface area contributed by atoms with Crippen LogP contribution in [0.2, 0.25) is 0 Å². The molecule has 0 aliphatic rings. The second-order valence-corrected chi connectivity index (χ2v) is 5.29. The molecule has 0 fully saturated rings. The highest BCUT2D eigenvalue weighted by Gasteiger charge is 2.03. The van der Waals surface area contributed by atoms with E-state index in [4.69, 9.17) is 0 Å². The van der Waals surface area contributed by atoms with Crippen molar-refractivity contribution in [2.24, 2.45) is 0 Å². The van der Waals surface area contributed by atoms with Crippen LogP contribution in [0.3, 0.4) is 0 Å².